The highest BCUT2D eigenvalue weighted by molar-refractivity contribution is 7.99. The Morgan fingerprint density at radius 2 is 2.24 bits per heavy atom. The van der Waals surface area contributed by atoms with E-state index in [1.54, 1.807) is 0 Å². The molecule has 0 bridgehead atoms. The maximum Gasteiger partial charge on any atom is 0.355 e. The molecule has 6 nitrogen and oxygen atoms in total. The molecule has 0 saturated carbocycles. The van der Waals surface area contributed by atoms with Gasteiger partial charge in [0, 0.05) is 30.1 Å². The summed E-state index contributed by atoms with van der Waals surface area (Å²) in [5.41, 5.74) is 0.0637. The van der Waals surface area contributed by atoms with Gasteiger partial charge in [0.25, 0.3) is 0 Å². The standard InChI is InChI=1S/C13H19N3O3S2/c17-12(18)10-8-21-11(16-10)4-5-14-13(19)15-7-9-3-1-2-6-20-9/h8-9H,1-7H2,(H,17,18)(H2,14,15,19). The molecular weight excluding hydrogens is 310 g/mol. The van der Waals surface area contributed by atoms with Crippen LogP contribution in [0.15, 0.2) is 5.38 Å². The summed E-state index contributed by atoms with van der Waals surface area (Å²) < 4.78 is 0. The maximum atomic E-state index is 11.6. The topological polar surface area (TPSA) is 91.3 Å². The molecule has 1 saturated heterocycles. The van der Waals surface area contributed by atoms with Gasteiger partial charge in [-0.05, 0) is 18.6 Å². The fraction of sp³-hybridized carbons (Fsp3) is 0.615. The highest BCUT2D eigenvalue weighted by Gasteiger charge is 2.14. The monoisotopic (exact) mass is 329 g/mol. The molecule has 1 aliphatic heterocycles. The van der Waals surface area contributed by atoms with Gasteiger partial charge in [-0.25, -0.2) is 14.6 Å². The van der Waals surface area contributed by atoms with Crippen molar-refractivity contribution in [2.75, 3.05) is 18.8 Å². The Bertz CT molecular complexity index is 487. The third-order valence-electron chi connectivity index (χ3n) is 3.16. The Morgan fingerprint density at radius 1 is 1.38 bits per heavy atom. The van der Waals surface area contributed by atoms with E-state index in [9.17, 15) is 9.59 Å². The minimum Gasteiger partial charge on any atom is -0.476 e. The predicted molar refractivity (Wildman–Crippen MR) is 84.3 cm³/mol. The van der Waals surface area contributed by atoms with Gasteiger partial charge in [0.2, 0.25) is 0 Å². The van der Waals surface area contributed by atoms with E-state index >= 15 is 0 Å². The van der Waals surface area contributed by atoms with E-state index in [1.807, 2.05) is 11.8 Å². The number of carboxylic acid groups (broad SMARTS) is 1. The summed E-state index contributed by atoms with van der Waals surface area (Å²) in [6.07, 6.45) is 4.24. The first-order chi connectivity index (χ1) is 10.1. The summed E-state index contributed by atoms with van der Waals surface area (Å²) in [6.45, 7) is 1.16. The number of rotatable bonds is 6. The lowest BCUT2D eigenvalue weighted by molar-refractivity contribution is 0.0691. The van der Waals surface area contributed by atoms with E-state index in [4.69, 9.17) is 5.11 Å². The van der Waals surface area contributed by atoms with Gasteiger partial charge >= 0.3 is 12.0 Å². The molecule has 0 radical (unpaired) electrons. The molecule has 2 heterocycles. The molecule has 0 spiro atoms. The minimum atomic E-state index is -1.02. The molecule has 0 aromatic carbocycles. The van der Waals surface area contributed by atoms with Crippen LogP contribution in [0.1, 0.15) is 34.8 Å². The van der Waals surface area contributed by atoms with E-state index in [2.05, 4.69) is 15.6 Å². The maximum absolute atomic E-state index is 11.6. The van der Waals surface area contributed by atoms with Gasteiger partial charge in [0.05, 0.1) is 5.01 Å². The lowest BCUT2D eigenvalue weighted by Gasteiger charge is -2.21. The number of thiazole rings is 1. The Balaban J connectivity index is 1.61. The van der Waals surface area contributed by atoms with Crippen LogP contribution in [0, 0.1) is 0 Å². The van der Waals surface area contributed by atoms with Crippen LogP contribution in [-0.4, -0.2) is 46.2 Å². The molecule has 116 valence electrons. The fourth-order valence-corrected chi connectivity index (χ4v) is 4.06. The molecule has 21 heavy (non-hydrogen) atoms. The van der Waals surface area contributed by atoms with Crippen molar-refractivity contribution < 1.29 is 14.7 Å². The number of aromatic carboxylic acids is 1. The molecule has 0 aliphatic carbocycles. The zero-order valence-electron chi connectivity index (χ0n) is 11.6. The van der Waals surface area contributed by atoms with Gasteiger partial charge in [0.15, 0.2) is 5.69 Å². The van der Waals surface area contributed by atoms with Crippen molar-refractivity contribution in [3.05, 3.63) is 16.1 Å². The van der Waals surface area contributed by atoms with Crippen LogP contribution in [-0.2, 0) is 6.42 Å². The quantitative estimate of drug-likeness (QED) is 0.742. The lowest BCUT2D eigenvalue weighted by atomic mass is 10.2. The second-order valence-electron chi connectivity index (χ2n) is 4.81. The van der Waals surface area contributed by atoms with Crippen molar-refractivity contribution >= 4 is 35.1 Å². The van der Waals surface area contributed by atoms with Crippen molar-refractivity contribution in [1.82, 2.24) is 15.6 Å². The zero-order valence-corrected chi connectivity index (χ0v) is 13.3. The number of carbonyl (C=O) groups is 2. The van der Waals surface area contributed by atoms with E-state index in [1.165, 1.54) is 41.7 Å². The van der Waals surface area contributed by atoms with Crippen LogP contribution >= 0.6 is 23.1 Å². The molecule has 1 fully saturated rings. The van der Waals surface area contributed by atoms with Crippen molar-refractivity contribution in [2.24, 2.45) is 0 Å². The van der Waals surface area contributed by atoms with Gasteiger partial charge in [-0.1, -0.05) is 6.42 Å². The number of carboxylic acids is 1. The van der Waals surface area contributed by atoms with E-state index in [-0.39, 0.29) is 11.7 Å². The number of amides is 2. The molecule has 2 amide bonds. The number of aromatic nitrogens is 1. The van der Waals surface area contributed by atoms with Crippen molar-refractivity contribution in [2.45, 2.75) is 30.9 Å². The second-order valence-corrected chi connectivity index (χ2v) is 7.16. The first-order valence-electron chi connectivity index (χ1n) is 6.96. The Morgan fingerprint density at radius 3 is 2.90 bits per heavy atom. The lowest BCUT2D eigenvalue weighted by Crippen LogP contribution is -2.40. The van der Waals surface area contributed by atoms with Gasteiger partial charge in [-0.3, -0.25) is 0 Å². The van der Waals surface area contributed by atoms with Crippen molar-refractivity contribution in [1.29, 1.82) is 0 Å². The highest BCUT2D eigenvalue weighted by atomic mass is 32.2. The predicted octanol–water partition coefficient (Wildman–Crippen LogP) is 1.97. The third-order valence-corrected chi connectivity index (χ3v) is 5.47. The number of thioether (sulfide) groups is 1. The summed E-state index contributed by atoms with van der Waals surface area (Å²) in [6, 6.07) is -0.170. The van der Waals surface area contributed by atoms with E-state index in [0.29, 0.717) is 24.8 Å². The second kappa shape index (κ2) is 8.23. The van der Waals surface area contributed by atoms with Crippen LogP contribution in [0.2, 0.25) is 0 Å². The highest BCUT2D eigenvalue weighted by Crippen LogP contribution is 2.24. The number of nitrogens with one attached hydrogen (secondary N) is 2. The van der Waals surface area contributed by atoms with Crippen LogP contribution in [0.3, 0.4) is 0 Å². The zero-order chi connectivity index (χ0) is 15.1. The molecule has 1 atom stereocenters. The number of urea groups is 1. The third kappa shape index (κ3) is 5.55. The Labute approximate surface area is 131 Å². The first kappa shape index (κ1) is 16.1. The number of hydrogen-bond acceptors (Lipinski definition) is 5. The van der Waals surface area contributed by atoms with Gasteiger partial charge in [-0.2, -0.15) is 11.8 Å². The SMILES string of the molecule is O=C(NCCc1nc(C(=O)O)cs1)NCC1CCCCS1. The normalized spacial score (nSPS) is 18.2. The molecule has 8 heteroatoms. The Hall–Kier alpha value is -1.28. The van der Waals surface area contributed by atoms with Gasteiger partial charge < -0.3 is 15.7 Å². The summed E-state index contributed by atoms with van der Waals surface area (Å²) in [4.78, 5) is 26.3. The molecular formula is C13H19N3O3S2. The number of hydrogen-bond donors (Lipinski definition) is 3. The summed E-state index contributed by atoms with van der Waals surface area (Å²) in [5, 5.41) is 17.2. The van der Waals surface area contributed by atoms with Gasteiger partial charge in [0.1, 0.15) is 0 Å². The van der Waals surface area contributed by atoms with Crippen LogP contribution < -0.4 is 10.6 Å². The molecule has 1 aromatic rings. The molecule has 3 N–H and O–H groups in total. The molecule has 1 unspecified atom stereocenters. The first-order valence-corrected chi connectivity index (χ1v) is 8.89. The smallest absolute Gasteiger partial charge is 0.355 e. The Kier molecular flexibility index (Phi) is 6.31. The number of carbonyl (C=O) groups excluding carboxylic acids is 1. The molecule has 2 rings (SSSR count). The average molecular weight is 329 g/mol. The van der Waals surface area contributed by atoms with Gasteiger partial charge in [-0.15, -0.1) is 11.3 Å². The van der Waals surface area contributed by atoms with Crippen LogP contribution in [0.25, 0.3) is 0 Å². The summed E-state index contributed by atoms with van der Waals surface area (Å²) in [5.74, 6) is 0.164. The van der Waals surface area contributed by atoms with Crippen LogP contribution in [0.5, 0.6) is 0 Å². The molecule has 1 aliphatic rings. The van der Waals surface area contributed by atoms with Crippen molar-refractivity contribution in [3.8, 4) is 0 Å². The molecule has 1 aromatic heterocycles. The largest absolute Gasteiger partial charge is 0.476 e. The summed E-state index contributed by atoms with van der Waals surface area (Å²) >= 11 is 3.22. The fourth-order valence-electron chi connectivity index (χ4n) is 2.04. The summed E-state index contributed by atoms with van der Waals surface area (Å²) in [7, 11) is 0. The number of nitrogens with zero attached hydrogens (tertiary/aromatic N) is 1. The average Bonchev–Trinajstić information content (AvgIpc) is 2.95. The van der Waals surface area contributed by atoms with Crippen LogP contribution in [0.4, 0.5) is 4.79 Å². The van der Waals surface area contributed by atoms with E-state index < -0.39 is 5.97 Å². The van der Waals surface area contributed by atoms with E-state index in [0.717, 1.165) is 5.01 Å². The van der Waals surface area contributed by atoms with Crippen molar-refractivity contribution in [3.63, 3.8) is 0 Å². The minimum absolute atomic E-state index is 0.0637.